The number of halogens is 1. The van der Waals surface area contributed by atoms with Crippen LogP contribution in [0, 0.1) is 5.82 Å². The molecule has 3 nitrogen and oxygen atoms in total. The first-order chi connectivity index (χ1) is 8.54. The van der Waals surface area contributed by atoms with E-state index in [4.69, 9.17) is 5.73 Å². The molecule has 1 unspecified atom stereocenters. The third-order valence-corrected chi connectivity index (χ3v) is 3.82. The summed E-state index contributed by atoms with van der Waals surface area (Å²) in [6, 6.07) is 4.33. The van der Waals surface area contributed by atoms with E-state index in [0.29, 0.717) is 17.4 Å². The maximum Gasteiger partial charge on any atom is 0.248 e. The van der Waals surface area contributed by atoms with E-state index < -0.39 is 11.7 Å². The van der Waals surface area contributed by atoms with Gasteiger partial charge in [0.1, 0.15) is 5.82 Å². The summed E-state index contributed by atoms with van der Waals surface area (Å²) < 4.78 is 13.6. The van der Waals surface area contributed by atoms with Crippen molar-refractivity contribution in [3.63, 3.8) is 0 Å². The van der Waals surface area contributed by atoms with E-state index in [9.17, 15) is 9.18 Å². The molecule has 0 aromatic heterocycles. The summed E-state index contributed by atoms with van der Waals surface area (Å²) in [5.74, 6) is -1.00. The van der Waals surface area contributed by atoms with Crippen LogP contribution in [-0.4, -0.2) is 24.0 Å². The fourth-order valence-corrected chi connectivity index (χ4v) is 1.84. The molecule has 0 aliphatic carbocycles. The van der Waals surface area contributed by atoms with Crippen LogP contribution in [0.25, 0.3) is 0 Å². The van der Waals surface area contributed by atoms with Crippen molar-refractivity contribution in [1.82, 2.24) is 5.32 Å². The van der Waals surface area contributed by atoms with Crippen molar-refractivity contribution in [3.05, 3.63) is 35.1 Å². The third kappa shape index (κ3) is 4.66. The van der Waals surface area contributed by atoms with E-state index in [1.807, 2.05) is 11.8 Å². The number of hydrogen-bond acceptors (Lipinski definition) is 3. The lowest BCUT2D eigenvalue weighted by Gasteiger charge is -2.10. The van der Waals surface area contributed by atoms with E-state index in [0.717, 1.165) is 13.0 Å². The van der Waals surface area contributed by atoms with Crippen LogP contribution in [-0.2, 0) is 6.54 Å². The molecule has 5 heteroatoms. The minimum Gasteiger partial charge on any atom is -0.366 e. The molecule has 0 saturated heterocycles. The van der Waals surface area contributed by atoms with Crippen molar-refractivity contribution < 1.29 is 9.18 Å². The fraction of sp³-hybridized carbons (Fsp3) is 0.462. The molecule has 0 radical (unpaired) electrons. The Kier molecular flexibility index (Phi) is 6.15. The molecule has 0 aliphatic heterocycles. The molecule has 3 N–H and O–H groups in total. The Balaban J connectivity index is 2.46. The highest BCUT2D eigenvalue weighted by Gasteiger charge is 2.06. The largest absolute Gasteiger partial charge is 0.366 e. The van der Waals surface area contributed by atoms with Gasteiger partial charge in [-0.25, -0.2) is 4.39 Å². The monoisotopic (exact) mass is 270 g/mol. The van der Waals surface area contributed by atoms with Gasteiger partial charge in [-0.1, -0.05) is 13.0 Å². The molecule has 100 valence electrons. The number of nitrogens with one attached hydrogen (secondary N) is 1. The lowest BCUT2D eigenvalue weighted by atomic mass is 10.1. The first-order valence-electron chi connectivity index (χ1n) is 5.86. The van der Waals surface area contributed by atoms with Crippen LogP contribution < -0.4 is 11.1 Å². The van der Waals surface area contributed by atoms with E-state index >= 15 is 0 Å². The quantitative estimate of drug-likeness (QED) is 0.747. The van der Waals surface area contributed by atoms with Gasteiger partial charge in [-0.2, -0.15) is 11.8 Å². The Hall–Kier alpha value is -1.07. The summed E-state index contributed by atoms with van der Waals surface area (Å²) in [6.07, 6.45) is 3.12. The third-order valence-electron chi connectivity index (χ3n) is 2.78. The summed E-state index contributed by atoms with van der Waals surface area (Å²) in [6.45, 7) is 3.47. The van der Waals surface area contributed by atoms with Crippen molar-refractivity contribution in [2.75, 3.05) is 12.8 Å². The summed E-state index contributed by atoms with van der Waals surface area (Å²) in [5, 5.41) is 3.78. The minimum absolute atomic E-state index is 0.201. The highest BCUT2D eigenvalue weighted by atomic mass is 32.2. The van der Waals surface area contributed by atoms with Gasteiger partial charge >= 0.3 is 0 Å². The maximum absolute atomic E-state index is 13.6. The molecule has 1 atom stereocenters. The molecular formula is C13H19FN2OS. The number of thioether (sulfide) groups is 1. The zero-order chi connectivity index (χ0) is 13.5. The highest BCUT2D eigenvalue weighted by molar-refractivity contribution is 7.99. The topological polar surface area (TPSA) is 55.1 Å². The van der Waals surface area contributed by atoms with Crippen LogP contribution in [0.5, 0.6) is 0 Å². The van der Waals surface area contributed by atoms with E-state index in [-0.39, 0.29) is 5.56 Å². The van der Waals surface area contributed by atoms with E-state index in [1.165, 1.54) is 6.07 Å². The van der Waals surface area contributed by atoms with Crippen molar-refractivity contribution in [3.8, 4) is 0 Å². The molecule has 1 aromatic rings. The van der Waals surface area contributed by atoms with Crippen molar-refractivity contribution >= 4 is 17.7 Å². The predicted octanol–water partition coefficient (Wildman–Crippen LogP) is 2.16. The first-order valence-corrected chi connectivity index (χ1v) is 7.15. The number of benzene rings is 1. The molecule has 0 fully saturated rings. The van der Waals surface area contributed by atoms with Crippen molar-refractivity contribution in [2.24, 2.45) is 5.73 Å². The Bertz CT molecular complexity index is 412. The second kappa shape index (κ2) is 7.38. The second-order valence-electron chi connectivity index (χ2n) is 4.18. The van der Waals surface area contributed by atoms with Gasteiger partial charge in [0.05, 0.1) is 0 Å². The Morgan fingerprint density at radius 2 is 2.28 bits per heavy atom. The number of nitrogens with two attached hydrogens (primary N) is 1. The molecule has 0 bridgehead atoms. The van der Waals surface area contributed by atoms with Crippen LogP contribution in [0.4, 0.5) is 4.39 Å². The van der Waals surface area contributed by atoms with Gasteiger partial charge in [0.25, 0.3) is 0 Å². The SMILES string of the molecule is CSC(C)CCNCc1ccc(C(N)=O)cc1F. The average molecular weight is 270 g/mol. The lowest BCUT2D eigenvalue weighted by molar-refractivity contribution is 0.1000. The maximum atomic E-state index is 13.6. The molecule has 1 aromatic carbocycles. The lowest BCUT2D eigenvalue weighted by Crippen LogP contribution is -2.19. The zero-order valence-corrected chi connectivity index (χ0v) is 11.5. The van der Waals surface area contributed by atoms with Crippen LogP contribution in [0.3, 0.4) is 0 Å². The van der Waals surface area contributed by atoms with Gasteiger partial charge in [0.15, 0.2) is 0 Å². The van der Waals surface area contributed by atoms with E-state index in [2.05, 4.69) is 18.5 Å². The van der Waals surface area contributed by atoms with Gasteiger partial charge in [-0.3, -0.25) is 4.79 Å². The van der Waals surface area contributed by atoms with Gasteiger partial charge < -0.3 is 11.1 Å². The Morgan fingerprint density at radius 1 is 1.56 bits per heavy atom. The highest BCUT2D eigenvalue weighted by Crippen LogP contribution is 2.11. The van der Waals surface area contributed by atoms with Crippen LogP contribution in [0.2, 0.25) is 0 Å². The molecule has 0 aliphatic rings. The number of primary amides is 1. The smallest absolute Gasteiger partial charge is 0.248 e. The first kappa shape index (κ1) is 15.0. The van der Waals surface area contributed by atoms with Crippen molar-refractivity contribution in [2.45, 2.75) is 25.1 Å². The summed E-state index contributed by atoms with van der Waals surface area (Å²) in [4.78, 5) is 10.9. The Labute approximate surface area is 111 Å². The van der Waals surface area contributed by atoms with Gasteiger partial charge in [0.2, 0.25) is 5.91 Å². The van der Waals surface area contributed by atoms with Gasteiger partial charge in [-0.05, 0) is 31.4 Å². The van der Waals surface area contributed by atoms with Gasteiger partial charge in [-0.15, -0.1) is 0 Å². The number of amides is 1. The molecule has 0 saturated carbocycles. The molecule has 0 spiro atoms. The van der Waals surface area contributed by atoms with Crippen molar-refractivity contribution in [1.29, 1.82) is 0 Å². The molecule has 1 amide bonds. The Morgan fingerprint density at radius 3 is 2.83 bits per heavy atom. The number of carbonyl (C=O) groups is 1. The average Bonchev–Trinajstić information content (AvgIpc) is 2.35. The molecule has 1 rings (SSSR count). The molecule has 0 heterocycles. The van der Waals surface area contributed by atoms with E-state index in [1.54, 1.807) is 12.1 Å². The summed E-state index contributed by atoms with van der Waals surface area (Å²) >= 11 is 1.81. The molecule has 18 heavy (non-hydrogen) atoms. The molecular weight excluding hydrogens is 251 g/mol. The summed E-state index contributed by atoms with van der Waals surface area (Å²) in [7, 11) is 0. The number of rotatable bonds is 7. The standard InChI is InChI=1S/C13H19FN2OS/c1-9(18-2)5-6-16-8-11-4-3-10(13(15)17)7-12(11)14/h3-4,7,9,16H,5-6,8H2,1-2H3,(H2,15,17). The van der Waals surface area contributed by atoms with Gasteiger partial charge in [0, 0.05) is 22.9 Å². The summed E-state index contributed by atoms with van der Waals surface area (Å²) in [5.41, 5.74) is 5.83. The van der Waals surface area contributed by atoms with Crippen LogP contribution >= 0.6 is 11.8 Å². The fourth-order valence-electron chi connectivity index (χ4n) is 1.49. The number of carbonyl (C=O) groups excluding carboxylic acids is 1. The predicted molar refractivity (Wildman–Crippen MR) is 74.2 cm³/mol. The zero-order valence-electron chi connectivity index (χ0n) is 10.7. The second-order valence-corrected chi connectivity index (χ2v) is 5.46. The normalized spacial score (nSPS) is 12.4. The van der Waals surface area contributed by atoms with Crippen LogP contribution in [0.15, 0.2) is 18.2 Å². The van der Waals surface area contributed by atoms with Crippen LogP contribution in [0.1, 0.15) is 29.3 Å². The minimum atomic E-state index is -0.609. The number of hydrogen-bond donors (Lipinski definition) is 2.